The average molecular weight is 300 g/mol. The molecule has 0 spiro atoms. The Morgan fingerprint density at radius 3 is 2.60 bits per heavy atom. The van der Waals surface area contributed by atoms with Gasteiger partial charge < -0.3 is 19.8 Å². The quantitative estimate of drug-likeness (QED) is 0.857. The second-order valence-corrected chi connectivity index (χ2v) is 4.97. The minimum absolute atomic E-state index is 0.0137. The third kappa shape index (κ3) is 3.40. The first kappa shape index (κ1) is 14.6. The van der Waals surface area contributed by atoms with E-state index in [-0.39, 0.29) is 19.6 Å². The van der Waals surface area contributed by atoms with Gasteiger partial charge in [-0.3, -0.25) is 4.79 Å². The molecule has 1 fully saturated rings. The minimum atomic E-state index is -1.12. The molecule has 0 unspecified atom stereocenters. The fraction of sp³-hybridized carbons (Fsp3) is 0.385. The maximum Gasteiger partial charge on any atom is 0.326 e. The van der Waals surface area contributed by atoms with Gasteiger partial charge in [0.1, 0.15) is 11.8 Å². The Morgan fingerprint density at radius 2 is 2.00 bits per heavy atom. The van der Waals surface area contributed by atoms with Gasteiger partial charge in [-0.05, 0) is 24.3 Å². The summed E-state index contributed by atoms with van der Waals surface area (Å²) in [6.07, 6.45) is -0.766. The summed E-state index contributed by atoms with van der Waals surface area (Å²) in [4.78, 5) is 24.1. The molecule has 1 saturated heterocycles. The molecule has 1 amide bonds. The zero-order valence-corrected chi connectivity index (χ0v) is 11.3. The molecule has 0 aromatic heterocycles. The highest BCUT2D eigenvalue weighted by Gasteiger charge is 2.38. The Bertz CT molecular complexity index is 504. The van der Waals surface area contributed by atoms with Gasteiger partial charge in [0.2, 0.25) is 0 Å². The van der Waals surface area contributed by atoms with E-state index in [1.54, 1.807) is 24.3 Å². The number of aliphatic hydroxyl groups excluding tert-OH is 1. The third-order valence-corrected chi connectivity index (χ3v) is 3.31. The van der Waals surface area contributed by atoms with Crippen LogP contribution >= 0.6 is 11.6 Å². The molecule has 1 aliphatic rings. The van der Waals surface area contributed by atoms with Crippen LogP contribution in [0.4, 0.5) is 0 Å². The SMILES string of the molecule is O=C(O)[C@H]1C[C@@H](O)CN1C(=O)COc1ccc(Cl)cc1. The lowest BCUT2D eigenvalue weighted by molar-refractivity contribution is -0.148. The van der Waals surface area contributed by atoms with Gasteiger partial charge in [-0.1, -0.05) is 11.6 Å². The van der Waals surface area contributed by atoms with Crippen LogP contribution in [0.5, 0.6) is 5.75 Å². The number of carbonyl (C=O) groups is 2. The Balaban J connectivity index is 1.94. The first-order chi connectivity index (χ1) is 9.47. The number of aliphatic hydroxyl groups is 1. The highest BCUT2D eigenvalue weighted by Crippen LogP contribution is 2.19. The van der Waals surface area contributed by atoms with Crippen LogP contribution in [-0.4, -0.2) is 52.3 Å². The molecule has 108 valence electrons. The second kappa shape index (κ2) is 6.11. The molecule has 7 heteroatoms. The largest absolute Gasteiger partial charge is 0.484 e. The molecule has 6 nitrogen and oxygen atoms in total. The number of carbonyl (C=O) groups excluding carboxylic acids is 1. The number of nitrogens with zero attached hydrogens (tertiary/aromatic N) is 1. The summed E-state index contributed by atoms with van der Waals surface area (Å²) in [5, 5.41) is 19.0. The van der Waals surface area contributed by atoms with Crippen molar-refractivity contribution in [2.45, 2.75) is 18.6 Å². The lowest BCUT2D eigenvalue weighted by Gasteiger charge is -2.21. The predicted octanol–water partition coefficient (Wildman–Crippen LogP) is 0.765. The summed E-state index contributed by atoms with van der Waals surface area (Å²) < 4.78 is 5.27. The molecule has 20 heavy (non-hydrogen) atoms. The Hall–Kier alpha value is -1.79. The smallest absolute Gasteiger partial charge is 0.326 e. The molecule has 2 N–H and O–H groups in total. The van der Waals surface area contributed by atoms with Crippen molar-refractivity contribution < 1.29 is 24.5 Å². The highest BCUT2D eigenvalue weighted by molar-refractivity contribution is 6.30. The first-order valence-electron chi connectivity index (χ1n) is 6.06. The van der Waals surface area contributed by atoms with E-state index in [4.69, 9.17) is 21.4 Å². The number of benzene rings is 1. The number of β-amino-alcohol motifs (C(OH)–C–C–N with tert-alkyl or cyclic N) is 1. The fourth-order valence-corrected chi connectivity index (χ4v) is 2.21. The molecule has 1 aliphatic heterocycles. The molecular weight excluding hydrogens is 286 g/mol. The van der Waals surface area contributed by atoms with Crippen molar-refractivity contribution in [2.24, 2.45) is 0 Å². The van der Waals surface area contributed by atoms with Crippen LogP contribution in [0, 0.1) is 0 Å². The Kier molecular flexibility index (Phi) is 4.46. The normalized spacial score (nSPS) is 21.8. The van der Waals surface area contributed by atoms with Gasteiger partial charge in [0.05, 0.1) is 6.10 Å². The van der Waals surface area contributed by atoms with Gasteiger partial charge in [0.25, 0.3) is 5.91 Å². The molecule has 1 heterocycles. The van der Waals surface area contributed by atoms with Crippen molar-refractivity contribution in [1.29, 1.82) is 0 Å². The van der Waals surface area contributed by atoms with Crippen LogP contribution in [0.25, 0.3) is 0 Å². The Morgan fingerprint density at radius 1 is 1.35 bits per heavy atom. The summed E-state index contributed by atoms with van der Waals surface area (Å²) in [5.74, 6) is -1.13. The van der Waals surface area contributed by atoms with Gasteiger partial charge in [-0.2, -0.15) is 0 Å². The summed E-state index contributed by atoms with van der Waals surface area (Å²) in [7, 11) is 0. The van der Waals surface area contributed by atoms with E-state index in [0.29, 0.717) is 10.8 Å². The number of hydrogen-bond donors (Lipinski definition) is 2. The number of rotatable bonds is 4. The van der Waals surface area contributed by atoms with Gasteiger partial charge in [0.15, 0.2) is 6.61 Å². The minimum Gasteiger partial charge on any atom is -0.484 e. The zero-order valence-electron chi connectivity index (χ0n) is 10.5. The molecule has 0 bridgehead atoms. The third-order valence-electron chi connectivity index (χ3n) is 3.06. The molecule has 2 rings (SSSR count). The maximum absolute atomic E-state index is 11.9. The van der Waals surface area contributed by atoms with E-state index in [2.05, 4.69) is 0 Å². The first-order valence-corrected chi connectivity index (χ1v) is 6.44. The monoisotopic (exact) mass is 299 g/mol. The summed E-state index contributed by atoms with van der Waals surface area (Å²) in [6.45, 7) is -0.266. The van der Waals surface area contributed by atoms with Gasteiger partial charge in [0, 0.05) is 18.0 Å². The number of amides is 1. The number of aliphatic carboxylic acids is 1. The topological polar surface area (TPSA) is 87.1 Å². The maximum atomic E-state index is 11.9. The van der Waals surface area contributed by atoms with Crippen LogP contribution in [0.2, 0.25) is 5.02 Å². The molecule has 0 saturated carbocycles. The molecule has 2 atom stereocenters. The molecular formula is C13H14ClNO5. The molecule has 0 radical (unpaired) electrons. The van der Waals surface area contributed by atoms with Crippen molar-refractivity contribution in [3.63, 3.8) is 0 Å². The van der Waals surface area contributed by atoms with Crippen molar-refractivity contribution in [3.05, 3.63) is 29.3 Å². The van der Waals surface area contributed by atoms with Crippen LogP contribution in [0.1, 0.15) is 6.42 Å². The van der Waals surface area contributed by atoms with E-state index in [1.807, 2.05) is 0 Å². The fourth-order valence-electron chi connectivity index (χ4n) is 2.08. The second-order valence-electron chi connectivity index (χ2n) is 4.53. The summed E-state index contributed by atoms with van der Waals surface area (Å²) >= 11 is 5.72. The van der Waals surface area contributed by atoms with E-state index in [1.165, 1.54) is 0 Å². The lowest BCUT2D eigenvalue weighted by atomic mass is 10.2. The lowest BCUT2D eigenvalue weighted by Crippen LogP contribution is -2.42. The van der Waals surface area contributed by atoms with Gasteiger partial charge in [-0.15, -0.1) is 0 Å². The van der Waals surface area contributed by atoms with Crippen molar-refractivity contribution in [3.8, 4) is 5.75 Å². The van der Waals surface area contributed by atoms with Gasteiger partial charge >= 0.3 is 5.97 Å². The number of hydrogen-bond acceptors (Lipinski definition) is 4. The summed E-state index contributed by atoms with van der Waals surface area (Å²) in [6, 6.07) is 5.49. The Labute approximate surface area is 120 Å². The number of ether oxygens (including phenoxy) is 1. The van der Waals surface area contributed by atoms with Crippen molar-refractivity contribution >= 4 is 23.5 Å². The highest BCUT2D eigenvalue weighted by atomic mass is 35.5. The van der Waals surface area contributed by atoms with Crippen LogP contribution in [0.15, 0.2) is 24.3 Å². The summed E-state index contributed by atoms with van der Waals surface area (Å²) in [5.41, 5.74) is 0. The van der Waals surface area contributed by atoms with Crippen molar-refractivity contribution in [2.75, 3.05) is 13.2 Å². The number of carboxylic acids is 1. The standard InChI is InChI=1S/C13H14ClNO5/c14-8-1-3-10(4-2-8)20-7-12(17)15-6-9(16)5-11(15)13(18)19/h1-4,9,11,16H,5-7H2,(H,18,19)/t9-,11-/m1/s1. The predicted molar refractivity (Wildman–Crippen MR) is 70.7 cm³/mol. The van der Waals surface area contributed by atoms with E-state index in [9.17, 15) is 14.7 Å². The average Bonchev–Trinajstić information content (AvgIpc) is 2.80. The molecule has 1 aromatic rings. The number of halogens is 1. The van der Waals surface area contributed by atoms with E-state index < -0.39 is 24.0 Å². The zero-order chi connectivity index (χ0) is 14.7. The number of carboxylic acid groups (broad SMARTS) is 1. The van der Waals surface area contributed by atoms with Crippen molar-refractivity contribution in [1.82, 2.24) is 4.90 Å². The van der Waals surface area contributed by atoms with E-state index in [0.717, 1.165) is 4.90 Å². The van der Waals surface area contributed by atoms with Gasteiger partial charge in [-0.25, -0.2) is 4.79 Å². The van der Waals surface area contributed by atoms with Crippen LogP contribution in [-0.2, 0) is 9.59 Å². The number of likely N-dealkylation sites (tertiary alicyclic amines) is 1. The molecule has 0 aliphatic carbocycles. The van der Waals surface area contributed by atoms with E-state index >= 15 is 0 Å². The molecule has 1 aromatic carbocycles. The van der Waals surface area contributed by atoms with Crippen LogP contribution in [0.3, 0.4) is 0 Å². The van der Waals surface area contributed by atoms with Crippen LogP contribution < -0.4 is 4.74 Å².